The smallest absolute Gasteiger partial charge is 0.275 e. The van der Waals surface area contributed by atoms with Gasteiger partial charge in [0.25, 0.3) is 5.91 Å². The molecule has 0 atom stereocenters. The summed E-state index contributed by atoms with van der Waals surface area (Å²) < 4.78 is 1.54. The van der Waals surface area contributed by atoms with E-state index in [2.05, 4.69) is 15.4 Å². The van der Waals surface area contributed by atoms with Crippen molar-refractivity contribution in [1.82, 2.24) is 14.8 Å². The highest BCUT2D eigenvalue weighted by molar-refractivity contribution is 6.03. The van der Waals surface area contributed by atoms with Crippen LogP contribution in [0, 0.1) is 13.8 Å². The second-order valence-corrected chi connectivity index (χ2v) is 4.09. The summed E-state index contributed by atoms with van der Waals surface area (Å²) in [6.07, 6.45) is 0. The number of pyridine rings is 1. The topological polar surface area (TPSA) is 85.8 Å². The first-order valence-corrected chi connectivity index (χ1v) is 5.53. The lowest BCUT2D eigenvalue weighted by molar-refractivity contribution is 0.102. The fourth-order valence-corrected chi connectivity index (χ4v) is 1.66. The number of nitrogens with zero attached hydrogens (tertiary/aromatic N) is 3. The van der Waals surface area contributed by atoms with Crippen LogP contribution in [0.15, 0.2) is 18.2 Å². The van der Waals surface area contributed by atoms with Crippen molar-refractivity contribution < 1.29 is 4.79 Å². The lowest BCUT2D eigenvalue weighted by atomic mass is 10.3. The fraction of sp³-hybridized carbons (Fsp3) is 0.250. The normalized spacial score (nSPS) is 10.4. The zero-order chi connectivity index (χ0) is 13.3. The summed E-state index contributed by atoms with van der Waals surface area (Å²) in [5.74, 6) is 0.189. The first kappa shape index (κ1) is 12.1. The van der Waals surface area contributed by atoms with Crippen LogP contribution >= 0.6 is 0 Å². The summed E-state index contributed by atoms with van der Waals surface area (Å²) in [6.45, 7) is 3.62. The summed E-state index contributed by atoms with van der Waals surface area (Å²) in [6, 6.07) is 5.27. The van der Waals surface area contributed by atoms with E-state index < -0.39 is 0 Å². The van der Waals surface area contributed by atoms with Gasteiger partial charge in [0.15, 0.2) is 5.82 Å². The molecule has 0 radical (unpaired) electrons. The number of carbonyl (C=O) groups is 1. The maximum Gasteiger partial charge on any atom is 0.275 e. The zero-order valence-corrected chi connectivity index (χ0v) is 10.6. The molecule has 1 amide bonds. The number of aromatic nitrogens is 3. The van der Waals surface area contributed by atoms with Crippen LogP contribution in [0.5, 0.6) is 0 Å². The Bertz CT molecular complexity index is 603. The van der Waals surface area contributed by atoms with Crippen molar-refractivity contribution >= 4 is 17.4 Å². The number of anilines is 2. The average Bonchev–Trinajstić information content (AvgIpc) is 2.56. The van der Waals surface area contributed by atoms with Gasteiger partial charge in [-0.25, -0.2) is 4.98 Å². The predicted molar refractivity (Wildman–Crippen MR) is 69.3 cm³/mol. The summed E-state index contributed by atoms with van der Waals surface area (Å²) in [7, 11) is 1.72. The number of hydrogen-bond acceptors (Lipinski definition) is 4. The van der Waals surface area contributed by atoms with Gasteiger partial charge < -0.3 is 11.1 Å². The van der Waals surface area contributed by atoms with Gasteiger partial charge in [0, 0.05) is 12.7 Å². The van der Waals surface area contributed by atoms with E-state index in [1.54, 1.807) is 30.8 Å². The van der Waals surface area contributed by atoms with Crippen molar-refractivity contribution in [3.8, 4) is 0 Å². The number of carbonyl (C=O) groups excluding carboxylic acids is 1. The molecule has 2 aromatic rings. The molecular formula is C12H15N5O. The number of nitrogens with one attached hydrogen (secondary N) is 1. The molecule has 94 valence electrons. The van der Waals surface area contributed by atoms with Crippen LogP contribution in [0.2, 0.25) is 0 Å². The molecule has 0 unspecified atom stereocenters. The summed E-state index contributed by atoms with van der Waals surface area (Å²) in [5, 5.41) is 6.85. The SMILES string of the molecule is Cc1cccc(C(=O)Nc2c(N)c(C)nn2C)n1. The van der Waals surface area contributed by atoms with Gasteiger partial charge in [-0.3, -0.25) is 9.48 Å². The number of hydrogen-bond donors (Lipinski definition) is 2. The summed E-state index contributed by atoms with van der Waals surface area (Å²) in [5.41, 5.74) is 8.14. The largest absolute Gasteiger partial charge is 0.394 e. The van der Waals surface area contributed by atoms with E-state index in [1.165, 1.54) is 0 Å². The average molecular weight is 245 g/mol. The standard InChI is InChI=1S/C12H15N5O/c1-7-5-4-6-9(14-7)12(18)15-11-10(13)8(2)16-17(11)3/h4-6H,13H2,1-3H3,(H,15,18). The Balaban J connectivity index is 2.27. The summed E-state index contributed by atoms with van der Waals surface area (Å²) >= 11 is 0. The molecule has 3 N–H and O–H groups in total. The van der Waals surface area contributed by atoms with Gasteiger partial charge in [0.2, 0.25) is 0 Å². The van der Waals surface area contributed by atoms with E-state index >= 15 is 0 Å². The molecular weight excluding hydrogens is 230 g/mol. The second kappa shape index (κ2) is 4.48. The molecule has 2 heterocycles. The van der Waals surface area contributed by atoms with Crippen LogP contribution in [0.3, 0.4) is 0 Å². The molecule has 2 rings (SSSR count). The maximum atomic E-state index is 12.0. The molecule has 2 aromatic heterocycles. The van der Waals surface area contributed by atoms with Crippen LogP contribution in [0.25, 0.3) is 0 Å². The molecule has 6 heteroatoms. The van der Waals surface area contributed by atoms with Gasteiger partial charge in [-0.05, 0) is 26.0 Å². The minimum Gasteiger partial charge on any atom is -0.394 e. The van der Waals surface area contributed by atoms with E-state index in [-0.39, 0.29) is 5.91 Å². The van der Waals surface area contributed by atoms with Crippen LogP contribution in [-0.4, -0.2) is 20.7 Å². The molecule has 0 aliphatic rings. The molecule has 0 fully saturated rings. The highest BCUT2D eigenvalue weighted by atomic mass is 16.2. The monoisotopic (exact) mass is 245 g/mol. The molecule has 6 nitrogen and oxygen atoms in total. The zero-order valence-electron chi connectivity index (χ0n) is 10.6. The minimum atomic E-state index is -0.298. The molecule has 0 saturated heterocycles. The molecule has 18 heavy (non-hydrogen) atoms. The lowest BCUT2D eigenvalue weighted by Crippen LogP contribution is -2.17. The number of rotatable bonds is 2. The quantitative estimate of drug-likeness (QED) is 0.834. The number of amides is 1. The summed E-state index contributed by atoms with van der Waals surface area (Å²) in [4.78, 5) is 16.2. The Morgan fingerprint density at radius 1 is 1.39 bits per heavy atom. The fourth-order valence-electron chi connectivity index (χ4n) is 1.66. The third-order valence-electron chi connectivity index (χ3n) is 2.62. The molecule has 0 saturated carbocycles. The van der Waals surface area contributed by atoms with Crippen LogP contribution in [0.4, 0.5) is 11.5 Å². The highest BCUT2D eigenvalue weighted by Crippen LogP contribution is 2.21. The second-order valence-electron chi connectivity index (χ2n) is 4.09. The number of aryl methyl sites for hydroxylation is 3. The Kier molecular flexibility index (Phi) is 3.01. The van der Waals surface area contributed by atoms with Crippen LogP contribution < -0.4 is 11.1 Å². The Morgan fingerprint density at radius 2 is 2.11 bits per heavy atom. The van der Waals surface area contributed by atoms with E-state index in [1.807, 2.05) is 13.0 Å². The third-order valence-corrected chi connectivity index (χ3v) is 2.62. The first-order chi connectivity index (χ1) is 8.49. The Morgan fingerprint density at radius 3 is 2.67 bits per heavy atom. The highest BCUT2D eigenvalue weighted by Gasteiger charge is 2.14. The molecule has 0 aliphatic heterocycles. The van der Waals surface area contributed by atoms with E-state index in [9.17, 15) is 4.79 Å². The molecule has 0 aliphatic carbocycles. The van der Waals surface area contributed by atoms with Crippen molar-refractivity contribution in [1.29, 1.82) is 0 Å². The van der Waals surface area contributed by atoms with Gasteiger partial charge in [0.05, 0.1) is 11.4 Å². The maximum absolute atomic E-state index is 12.0. The number of nitrogen functional groups attached to an aromatic ring is 1. The lowest BCUT2D eigenvalue weighted by Gasteiger charge is -2.06. The van der Waals surface area contributed by atoms with E-state index in [4.69, 9.17) is 5.73 Å². The van der Waals surface area contributed by atoms with Gasteiger partial charge in [-0.15, -0.1) is 0 Å². The van der Waals surface area contributed by atoms with Gasteiger partial charge in [0.1, 0.15) is 5.69 Å². The van der Waals surface area contributed by atoms with Gasteiger partial charge in [-0.2, -0.15) is 5.10 Å². The van der Waals surface area contributed by atoms with Gasteiger partial charge >= 0.3 is 0 Å². The van der Waals surface area contributed by atoms with E-state index in [0.717, 1.165) is 5.69 Å². The van der Waals surface area contributed by atoms with E-state index in [0.29, 0.717) is 22.9 Å². The molecule has 0 bridgehead atoms. The first-order valence-electron chi connectivity index (χ1n) is 5.53. The van der Waals surface area contributed by atoms with Crippen molar-refractivity contribution in [2.75, 3.05) is 11.1 Å². The van der Waals surface area contributed by atoms with Crippen molar-refractivity contribution in [3.63, 3.8) is 0 Å². The Labute approximate surface area is 105 Å². The number of nitrogens with two attached hydrogens (primary N) is 1. The van der Waals surface area contributed by atoms with Crippen molar-refractivity contribution in [3.05, 3.63) is 35.3 Å². The van der Waals surface area contributed by atoms with Crippen LogP contribution in [-0.2, 0) is 7.05 Å². The van der Waals surface area contributed by atoms with Gasteiger partial charge in [-0.1, -0.05) is 6.07 Å². The van der Waals surface area contributed by atoms with Crippen molar-refractivity contribution in [2.24, 2.45) is 7.05 Å². The van der Waals surface area contributed by atoms with Crippen LogP contribution in [0.1, 0.15) is 21.9 Å². The van der Waals surface area contributed by atoms with Crippen molar-refractivity contribution in [2.45, 2.75) is 13.8 Å². The Hall–Kier alpha value is -2.37. The minimum absolute atomic E-state index is 0.298. The third kappa shape index (κ3) is 2.17. The predicted octanol–water partition coefficient (Wildman–Crippen LogP) is 1.27. The molecule has 0 spiro atoms. The molecule has 0 aromatic carbocycles.